The van der Waals surface area contributed by atoms with Crippen LogP contribution in [0.2, 0.25) is 0 Å². The van der Waals surface area contributed by atoms with Gasteiger partial charge in [-0.05, 0) is 51.2 Å². The molecule has 5 heteroatoms. The number of rotatable bonds is 6. The van der Waals surface area contributed by atoms with E-state index in [0.717, 1.165) is 24.1 Å². The SMILES string of the molecule is CCOCC(C)Oc1nc2c(cc1C(N)=S)CCCC2. The molecular weight excluding hydrogens is 272 g/mol. The molecule has 2 rings (SSSR count). The van der Waals surface area contributed by atoms with E-state index in [1.54, 1.807) is 0 Å². The van der Waals surface area contributed by atoms with Gasteiger partial charge in [0.15, 0.2) is 0 Å². The zero-order valence-corrected chi connectivity index (χ0v) is 13.0. The molecule has 4 nitrogen and oxygen atoms in total. The van der Waals surface area contributed by atoms with E-state index in [1.165, 1.54) is 18.4 Å². The van der Waals surface area contributed by atoms with Crippen molar-refractivity contribution in [3.63, 3.8) is 0 Å². The standard InChI is InChI=1S/C15H22N2O2S/c1-3-18-9-10(2)19-15-12(14(16)20)8-11-6-4-5-7-13(11)17-15/h8,10H,3-7,9H2,1-2H3,(H2,16,20). The summed E-state index contributed by atoms with van der Waals surface area (Å²) < 4.78 is 11.2. The minimum absolute atomic E-state index is 0.0720. The lowest BCUT2D eigenvalue weighted by atomic mass is 9.95. The summed E-state index contributed by atoms with van der Waals surface area (Å²) in [6.45, 7) is 5.13. The number of pyridine rings is 1. The molecule has 0 amide bonds. The topological polar surface area (TPSA) is 57.4 Å². The van der Waals surface area contributed by atoms with E-state index in [1.807, 2.05) is 19.9 Å². The zero-order valence-electron chi connectivity index (χ0n) is 12.1. The fourth-order valence-electron chi connectivity index (χ4n) is 2.39. The normalized spacial score (nSPS) is 15.5. The highest BCUT2D eigenvalue weighted by molar-refractivity contribution is 7.80. The second-order valence-electron chi connectivity index (χ2n) is 5.11. The highest BCUT2D eigenvalue weighted by atomic mass is 32.1. The van der Waals surface area contributed by atoms with Crippen LogP contribution in [0.15, 0.2) is 6.07 Å². The fraction of sp³-hybridized carbons (Fsp3) is 0.600. The summed E-state index contributed by atoms with van der Waals surface area (Å²) in [5, 5.41) is 0. The van der Waals surface area contributed by atoms with E-state index in [4.69, 9.17) is 27.4 Å². The highest BCUT2D eigenvalue weighted by Crippen LogP contribution is 2.26. The average Bonchev–Trinajstić information content (AvgIpc) is 2.44. The molecular formula is C15H22N2O2S. The van der Waals surface area contributed by atoms with Crippen molar-refractivity contribution >= 4 is 17.2 Å². The van der Waals surface area contributed by atoms with Crippen molar-refractivity contribution in [2.24, 2.45) is 5.73 Å². The van der Waals surface area contributed by atoms with Crippen LogP contribution in [0.25, 0.3) is 0 Å². The number of aryl methyl sites for hydroxylation is 2. The van der Waals surface area contributed by atoms with E-state index in [2.05, 4.69) is 4.98 Å². The van der Waals surface area contributed by atoms with Gasteiger partial charge in [0.2, 0.25) is 5.88 Å². The van der Waals surface area contributed by atoms with Crippen LogP contribution in [0.5, 0.6) is 5.88 Å². The summed E-state index contributed by atoms with van der Waals surface area (Å²) in [5.41, 5.74) is 8.92. The minimum Gasteiger partial charge on any atom is -0.472 e. The Bertz CT molecular complexity index is 491. The van der Waals surface area contributed by atoms with Gasteiger partial charge >= 0.3 is 0 Å². The first-order chi connectivity index (χ1) is 9.61. The summed E-state index contributed by atoms with van der Waals surface area (Å²) in [7, 11) is 0. The predicted octanol–water partition coefficient (Wildman–Crippen LogP) is 2.40. The predicted molar refractivity (Wildman–Crippen MR) is 83.3 cm³/mol. The van der Waals surface area contributed by atoms with E-state index >= 15 is 0 Å². The highest BCUT2D eigenvalue weighted by Gasteiger charge is 2.18. The summed E-state index contributed by atoms with van der Waals surface area (Å²) >= 11 is 5.12. The summed E-state index contributed by atoms with van der Waals surface area (Å²) in [4.78, 5) is 4.97. The first-order valence-electron chi connectivity index (χ1n) is 7.18. The number of nitrogens with two attached hydrogens (primary N) is 1. The smallest absolute Gasteiger partial charge is 0.224 e. The average molecular weight is 294 g/mol. The lowest BCUT2D eigenvalue weighted by Crippen LogP contribution is -2.23. The van der Waals surface area contributed by atoms with Crippen LogP contribution < -0.4 is 10.5 Å². The summed E-state index contributed by atoms with van der Waals surface area (Å²) in [6, 6.07) is 2.05. The second-order valence-corrected chi connectivity index (χ2v) is 5.55. The molecule has 0 spiro atoms. The summed E-state index contributed by atoms with van der Waals surface area (Å²) in [6.07, 6.45) is 4.36. The number of aromatic nitrogens is 1. The van der Waals surface area contributed by atoms with Gasteiger partial charge in [-0.25, -0.2) is 4.98 Å². The third-order valence-electron chi connectivity index (χ3n) is 3.40. The number of ether oxygens (including phenoxy) is 2. The van der Waals surface area contributed by atoms with Gasteiger partial charge in [-0.1, -0.05) is 12.2 Å². The van der Waals surface area contributed by atoms with Crippen LogP contribution in [-0.4, -0.2) is 29.3 Å². The van der Waals surface area contributed by atoms with Gasteiger partial charge in [0.25, 0.3) is 0 Å². The lowest BCUT2D eigenvalue weighted by molar-refractivity contribution is 0.0631. The Kier molecular flexibility index (Phi) is 5.31. The number of hydrogen-bond acceptors (Lipinski definition) is 4. The third-order valence-corrected chi connectivity index (χ3v) is 3.62. The van der Waals surface area contributed by atoms with Gasteiger partial charge in [-0.15, -0.1) is 0 Å². The maximum Gasteiger partial charge on any atom is 0.224 e. The quantitative estimate of drug-likeness (QED) is 0.816. The van der Waals surface area contributed by atoms with E-state index in [0.29, 0.717) is 24.1 Å². The number of nitrogens with zero attached hydrogens (tertiary/aromatic N) is 1. The van der Waals surface area contributed by atoms with E-state index < -0.39 is 0 Å². The lowest BCUT2D eigenvalue weighted by Gasteiger charge is -2.20. The molecule has 110 valence electrons. The van der Waals surface area contributed by atoms with Crippen molar-refractivity contribution in [3.05, 3.63) is 22.9 Å². The molecule has 20 heavy (non-hydrogen) atoms. The van der Waals surface area contributed by atoms with Crippen LogP contribution in [0.1, 0.15) is 43.5 Å². The molecule has 0 saturated heterocycles. The van der Waals surface area contributed by atoms with Crippen molar-refractivity contribution in [2.75, 3.05) is 13.2 Å². The molecule has 1 aromatic rings. The molecule has 0 radical (unpaired) electrons. The Hall–Kier alpha value is -1.20. The molecule has 0 fully saturated rings. The maximum atomic E-state index is 5.87. The molecule has 1 atom stereocenters. The van der Waals surface area contributed by atoms with Crippen LogP contribution in [0, 0.1) is 0 Å². The molecule has 1 aliphatic carbocycles. The van der Waals surface area contributed by atoms with E-state index in [9.17, 15) is 0 Å². The molecule has 1 heterocycles. The van der Waals surface area contributed by atoms with Crippen molar-refractivity contribution in [1.29, 1.82) is 0 Å². The van der Waals surface area contributed by atoms with Gasteiger partial charge in [0.05, 0.1) is 12.2 Å². The molecule has 0 aliphatic heterocycles. The van der Waals surface area contributed by atoms with E-state index in [-0.39, 0.29) is 6.10 Å². The van der Waals surface area contributed by atoms with Crippen LogP contribution >= 0.6 is 12.2 Å². The van der Waals surface area contributed by atoms with Gasteiger partial charge in [0, 0.05) is 12.3 Å². The molecule has 1 aromatic heterocycles. The number of hydrogen-bond donors (Lipinski definition) is 1. The van der Waals surface area contributed by atoms with Crippen molar-refractivity contribution < 1.29 is 9.47 Å². The van der Waals surface area contributed by atoms with Crippen LogP contribution in [0.4, 0.5) is 0 Å². The Balaban J connectivity index is 2.23. The number of fused-ring (bicyclic) bond motifs is 1. The van der Waals surface area contributed by atoms with Crippen molar-refractivity contribution in [1.82, 2.24) is 4.98 Å². The summed E-state index contributed by atoms with van der Waals surface area (Å²) in [5.74, 6) is 0.547. The Morgan fingerprint density at radius 3 is 2.90 bits per heavy atom. The molecule has 0 bridgehead atoms. The van der Waals surface area contributed by atoms with Gasteiger partial charge in [0.1, 0.15) is 11.1 Å². The van der Waals surface area contributed by atoms with Gasteiger partial charge < -0.3 is 15.2 Å². The molecule has 0 aromatic carbocycles. The zero-order chi connectivity index (χ0) is 14.5. The van der Waals surface area contributed by atoms with Crippen LogP contribution in [0.3, 0.4) is 0 Å². The maximum absolute atomic E-state index is 5.87. The molecule has 1 aliphatic rings. The molecule has 2 N–H and O–H groups in total. The first kappa shape index (κ1) is 15.2. The van der Waals surface area contributed by atoms with Gasteiger partial charge in [-0.2, -0.15) is 0 Å². The Labute approximate surface area is 125 Å². The second kappa shape index (κ2) is 6.99. The van der Waals surface area contributed by atoms with Crippen LogP contribution in [-0.2, 0) is 17.6 Å². The van der Waals surface area contributed by atoms with Gasteiger partial charge in [-0.3, -0.25) is 0 Å². The molecule has 0 saturated carbocycles. The first-order valence-corrected chi connectivity index (χ1v) is 7.59. The number of thiocarbonyl (C=S) groups is 1. The molecule has 1 unspecified atom stereocenters. The largest absolute Gasteiger partial charge is 0.472 e. The van der Waals surface area contributed by atoms with Crippen molar-refractivity contribution in [3.8, 4) is 5.88 Å². The Morgan fingerprint density at radius 2 is 2.20 bits per heavy atom. The third kappa shape index (κ3) is 3.67. The fourth-order valence-corrected chi connectivity index (χ4v) is 2.54. The monoisotopic (exact) mass is 294 g/mol. The minimum atomic E-state index is -0.0720. The Morgan fingerprint density at radius 1 is 1.45 bits per heavy atom. The van der Waals surface area contributed by atoms with Crippen molar-refractivity contribution in [2.45, 2.75) is 45.6 Å².